The van der Waals surface area contributed by atoms with Crippen LogP contribution in [0.5, 0.6) is 0 Å². The molecule has 1 amide bonds. The SMILES string of the molecule is CN(N)CC1CCC(N2CCNC(=O)C2)CC1. The van der Waals surface area contributed by atoms with Crippen LogP contribution in [-0.2, 0) is 4.79 Å². The lowest BCUT2D eigenvalue weighted by atomic mass is 9.85. The minimum Gasteiger partial charge on any atom is -0.354 e. The van der Waals surface area contributed by atoms with Crippen LogP contribution in [0.25, 0.3) is 0 Å². The normalized spacial score (nSPS) is 31.6. The number of hydrogen-bond acceptors (Lipinski definition) is 4. The summed E-state index contributed by atoms with van der Waals surface area (Å²) in [5.74, 6) is 6.61. The first kappa shape index (κ1) is 12.8. The Kier molecular flexibility index (Phi) is 4.36. The fraction of sp³-hybridized carbons (Fsp3) is 0.917. The molecule has 0 unspecified atom stereocenters. The number of hydrogen-bond donors (Lipinski definition) is 2. The van der Waals surface area contributed by atoms with E-state index in [1.165, 1.54) is 25.7 Å². The molecule has 1 heterocycles. The fourth-order valence-electron chi connectivity index (χ4n) is 3.07. The predicted molar refractivity (Wildman–Crippen MR) is 67.1 cm³/mol. The molecule has 0 atom stereocenters. The van der Waals surface area contributed by atoms with Gasteiger partial charge < -0.3 is 5.32 Å². The van der Waals surface area contributed by atoms with E-state index < -0.39 is 0 Å². The summed E-state index contributed by atoms with van der Waals surface area (Å²) >= 11 is 0. The predicted octanol–water partition coefficient (Wildman–Crippen LogP) is -0.217. The van der Waals surface area contributed by atoms with Gasteiger partial charge in [-0.25, -0.2) is 5.01 Å². The van der Waals surface area contributed by atoms with Crippen molar-refractivity contribution >= 4 is 5.91 Å². The van der Waals surface area contributed by atoms with E-state index >= 15 is 0 Å². The highest BCUT2D eigenvalue weighted by atomic mass is 16.2. The molecule has 1 aliphatic carbocycles. The van der Waals surface area contributed by atoms with Crippen LogP contribution in [-0.4, -0.2) is 55.1 Å². The highest BCUT2D eigenvalue weighted by molar-refractivity contribution is 5.78. The van der Waals surface area contributed by atoms with E-state index in [9.17, 15) is 4.79 Å². The molecule has 17 heavy (non-hydrogen) atoms. The van der Waals surface area contributed by atoms with Gasteiger partial charge in [0, 0.05) is 32.7 Å². The van der Waals surface area contributed by atoms with Gasteiger partial charge in [-0.15, -0.1) is 0 Å². The lowest BCUT2D eigenvalue weighted by Crippen LogP contribution is -2.52. The number of rotatable bonds is 3. The number of piperazine rings is 1. The average Bonchev–Trinajstić information content (AvgIpc) is 2.29. The van der Waals surface area contributed by atoms with Crippen molar-refractivity contribution in [2.75, 3.05) is 33.2 Å². The third-order valence-corrected chi connectivity index (χ3v) is 3.95. The first-order chi connectivity index (χ1) is 8.15. The third-order valence-electron chi connectivity index (χ3n) is 3.95. The van der Waals surface area contributed by atoms with E-state index in [4.69, 9.17) is 5.84 Å². The molecule has 0 aromatic carbocycles. The second-order valence-corrected chi connectivity index (χ2v) is 5.43. The minimum absolute atomic E-state index is 0.181. The molecule has 5 nitrogen and oxygen atoms in total. The standard InChI is InChI=1S/C12H24N4O/c1-15(13)8-10-2-4-11(5-3-10)16-7-6-14-12(17)9-16/h10-11H,2-9,13H2,1H3,(H,14,17). The molecular weight excluding hydrogens is 216 g/mol. The molecular formula is C12H24N4O. The van der Waals surface area contributed by atoms with Crippen molar-refractivity contribution in [3.05, 3.63) is 0 Å². The van der Waals surface area contributed by atoms with Crippen LogP contribution in [0.3, 0.4) is 0 Å². The molecule has 1 saturated carbocycles. The van der Waals surface area contributed by atoms with E-state index in [1.54, 1.807) is 5.01 Å². The number of nitrogens with one attached hydrogen (secondary N) is 1. The van der Waals surface area contributed by atoms with Gasteiger partial charge in [-0.05, 0) is 31.6 Å². The number of nitrogens with zero attached hydrogens (tertiary/aromatic N) is 2. The van der Waals surface area contributed by atoms with Crippen LogP contribution in [0.2, 0.25) is 0 Å². The Morgan fingerprint density at radius 2 is 2.12 bits per heavy atom. The van der Waals surface area contributed by atoms with Gasteiger partial charge in [0.2, 0.25) is 5.91 Å². The third kappa shape index (κ3) is 3.66. The van der Waals surface area contributed by atoms with Crippen molar-refractivity contribution in [2.24, 2.45) is 11.8 Å². The van der Waals surface area contributed by atoms with E-state index in [1.807, 2.05) is 7.05 Å². The zero-order valence-electron chi connectivity index (χ0n) is 10.7. The number of carbonyl (C=O) groups is 1. The van der Waals surface area contributed by atoms with Crippen molar-refractivity contribution in [1.82, 2.24) is 15.2 Å². The molecule has 1 saturated heterocycles. The summed E-state index contributed by atoms with van der Waals surface area (Å²) in [6, 6.07) is 0.611. The number of hydrazine groups is 1. The minimum atomic E-state index is 0.181. The maximum atomic E-state index is 11.3. The molecule has 1 aliphatic heterocycles. The molecule has 98 valence electrons. The van der Waals surface area contributed by atoms with Crippen LogP contribution < -0.4 is 11.2 Å². The van der Waals surface area contributed by atoms with Crippen LogP contribution >= 0.6 is 0 Å². The summed E-state index contributed by atoms with van der Waals surface area (Å²) in [5, 5.41) is 4.67. The van der Waals surface area contributed by atoms with Crippen LogP contribution in [0.1, 0.15) is 25.7 Å². The van der Waals surface area contributed by atoms with Gasteiger partial charge in [0.25, 0.3) is 0 Å². The fourth-order valence-corrected chi connectivity index (χ4v) is 3.07. The molecule has 2 rings (SSSR count). The van der Waals surface area contributed by atoms with Gasteiger partial charge in [-0.1, -0.05) is 0 Å². The Bertz CT molecular complexity index is 261. The monoisotopic (exact) mass is 240 g/mol. The lowest BCUT2D eigenvalue weighted by Gasteiger charge is -2.38. The Balaban J connectivity index is 1.76. The summed E-state index contributed by atoms with van der Waals surface area (Å²) in [4.78, 5) is 13.7. The highest BCUT2D eigenvalue weighted by Gasteiger charge is 2.28. The van der Waals surface area contributed by atoms with Crippen molar-refractivity contribution in [2.45, 2.75) is 31.7 Å². The first-order valence-corrected chi connectivity index (χ1v) is 6.61. The van der Waals surface area contributed by atoms with Crippen LogP contribution in [0, 0.1) is 5.92 Å². The Morgan fingerprint density at radius 1 is 1.41 bits per heavy atom. The van der Waals surface area contributed by atoms with Crippen molar-refractivity contribution < 1.29 is 4.79 Å². The van der Waals surface area contributed by atoms with Gasteiger partial charge in [-0.3, -0.25) is 15.5 Å². The van der Waals surface area contributed by atoms with E-state index in [-0.39, 0.29) is 5.91 Å². The van der Waals surface area contributed by atoms with Gasteiger partial charge >= 0.3 is 0 Å². The molecule has 2 aliphatic rings. The largest absolute Gasteiger partial charge is 0.354 e. The average molecular weight is 240 g/mol. The molecule has 0 aromatic heterocycles. The molecule has 2 fully saturated rings. The molecule has 0 radical (unpaired) electrons. The first-order valence-electron chi connectivity index (χ1n) is 6.61. The van der Waals surface area contributed by atoms with Gasteiger partial charge in [-0.2, -0.15) is 0 Å². The quantitative estimate of drug-likeness (QED) is 0.529. The smallest absolute Gasteiger partial charge is 0.234 e. The van der Waals surface area contributed by atoms with E-state index in [0.717, 1.165) is 25.6 Å². The van der Waals surface area contributed by atoms with Gasteiger partial charge in [0.1, 0.15) is 0 Å². The van der Waals surface area contributed by atoms with Gasteiger partial charge in [0.05, 0.1) is 6.54 Å². The zero-order valence-corrected chi connectivity index (χ0v) is 10.7. The second kappa shape index (κ2) is 5.80. The topological polar surface area (TPSA) is 61.6 Å². The zero-order chi connectivity index (χ0) is 12.3. The second-order valence-electron chi connectivity index (χ2n) is 5.43. The molecule has 0 aromatic rings. The summed E-state index contributed by atoms with van der Waals surface area (Å²) < 4.78 is 0. The highest BCUT2D eigenvalue weighted by Crippen LogP contribution is 2.27. The van der Waals surface area contributed by atoms with Gasteiger partial charge in [0.15, 0.2) is 0 Å². The molecule has 0 bridgehead atoms. The molecule has 0 spiro atoms. The van der Waals surface area contributed by atoms with Crippen LogP contribution in [0.4, 0.5) is 0 Å². The Hall–Kier alpha value is -0.650. The van der Waals surface area contributed by atoms with E-state index in [0.29, 0.717) is 12.6 Å². The van der Waals surface area contributed by atoms with Crippen molar-refractivity contribution in [1.29, 1.82) is 0 Å². The number of nitrogens with two attached hydrogens (primary N) is 1. The van der Waals surface area contributed by atoms with Crippen LogP contribution in [0.15, 0.2) is 0 Å². The summed E-state index contributed by atoms with van der Waals surface area (Å²) in [7, 11) is 1.93. The van der Waals surface area contributed by atoms with E-state index in [2.05, 4.69) is 10.2 Å². The molecule has 5 heteroatoms. The van der Waals surface area contributed by atoms with Crippen molar-refractivity contribution in [3.8, 4) is 0 Å². The maximum absolute atomic E-state index is 11.3. The number of carbonyl (C=O) groups excluding carboxylic acids is 1. The summed E-state index contributed by atoms with van der Waals surface area (Å²) in [6.45, 7) is 3.40. The maximum Gasteiger partial charge on any atom is 0.234 e. The lowest BCUT2D eigenvalue weighted by molar-refractivity contribution is -0.125. The van der Waals surface area contributed by atoms with Crippen molar-refractivity contribution in [3.63, 3.8) is 0 Å². The summed E-state index contributed by atoms with van der Waals surface area (Å²) in [6.07, 6.45) is 4.91. The molecule has 3 N–H and O–H groups in total. The number of amides is 1. The summed E-state index contributed by atoms with van der Waals surface area (Å²) in [5.41, 5.74) is 0. The Morgan fingerprint density at radius 3 is 2.71 bits per heavy atom. The Labute approximate surface area is 103 Å².